The first-order chi connectivity index (χ1) is 5.27. The fourth-order valence-electron chi connectivity index (χ4n) is 2.73. The van der Waals surface area contributed by atoms with Crippen molar-refractivity contribution in [2.75, 3.05) is 6.54 Å². The van der Waals surface area contributed by atoms with E-state index >= 15 is 0 Å². The molecule has 2 aliphatic rings. The van der Waals surface area contributed by atoms with Gasteiger partial charge in [-0.15, -0.1) is 0 Å². The Morgan fingerprint density at radius 2 is 1.91 bits per heavy atom. The van der Waals surface area contributed by atoms with Gasteiger partial charge in [-0.05, 0) is 45.1 Å². The molecule has 3 atom stereocenters. The van der Waals surface area contributed by atoms with Crippen molar-refractivity contribution >= 4 is 0 Å². The highest BCUT2D eigenvalue weighted by Crippen LogP contribution is 2.33. The summed E-state index contributed by atoms with van der Waals surface area (Å²) in [5.41, 5.74) is 0. The standard InChI is InChI=1S/C10H19N/c1-8-5-6-11-9(2)3-4-10(11)7-8/h8-10H,3-7H2,1-2H3/t8-,9+,10-/m0/s1. The Hall–Kier alpha value is -0.0400. The summed E-state index contributed by atoms with van der Waals surface area (Å²) >= 11 is 0. The number of rotatable bonds is 0. The van der Waals surface area contributed by atoms with Crippen molar-refractivity contribution in [3.8, 4) is 0 Å². The van der Waals surface area contributed by atoms with Crippen molar-refractivity contribution in [2.45, 2.75) is 51.6 Å². The summed E-state index contributed by atoms with van der Waals surface area (Å²) in [4.78, 5) is 2.72. The van der Waals surface area contributed by atoms with E-state index < -0.39 is 0 Å². The van der Waals surface area contributed by atoms with Gasteiger partial charge >= 0.3 is 0 Å². The molecule has 0 spiro atoms. The van der Waals surface area contributed by atoms with E-state index in [4.69, 9.17) is 0 Å². The van der Waals surface area contributed by atoms with E-state index in [9.17, 15) is 0 Å². The maximum Gasteiger partial charge on any atom is 0.0101 e. The maximum absolute atomic E-state index is 2.72. The van der Waals surface area contributed by atoms with Crippen LogP contribution in [-0.2, 0) is 0 Å². The molecule has 1 nitrogen and oxygen atoms in total. The zero-order valence-electron chi connectivity index (χ0n) is 7.71. The molecular formula is C10H19N. The van der Waals surface area contributed by atoms with Crippen molar-refractivity contribution in [1.29, 1.82) is 0 Å². The highest BCUT2D eigenvalue weighted by molar-refractivity contribution is 4.89. The van der Waals surface area contributed by atoms with Crippen molar-refractivity contribution < 1.29 is 0 Å². The second-order valence-electron chi connectivity index (χ2n) is 4.45. The molecule has 0 amide bonds. The molecule has 0 aromatic heterocycles. The first-order valence-corrected chi connectivity index (χ1v) is 5.03. The molecular weight excluding hydrogens is 134 g/mol. The second-order valence-corrected chi connectivity index (χ2v) is 4.45. The van der Waals surface area contributed by atoms with Crippen LogP contribution in [0.2, 0.25) is 0 Å². The Labute approximate surface area is 69.8 Å². The summed E-state index contributed by atoms with van der Waals surface area (Å²) in [7, 11) is 0. The fraction of sp³-hybridized carbons (Fsp3) is 1.00. The second kappa shape index (κ2) is 2.78. The molecule has 0 radical (unpaired) electrons. The molecule has 0 aromatic carbocycles. The number of hydrogen-bond acceptors (Lipinski definition) is 1. The van der Waals surface area contributed by atoms with Crippen LogP contribution in [0.3, 0.4) is 0 Å². The van der Waals surface area contributed by atoms with Gasteiger partial charge in [0.15, 0.2) is 0 Å². The van der Waals surface area contributed by atoms with Gasteiger partial charge < -0.3 is 0 Å². The molecule has 2 rings (SSSR count). The Bertz CT molecular complexity index is 144. The summed E-state index contributed by atoms with van der Waals surface area (Å²) in [5, 5.41) is 0. The molecule has 2 fully saturated rings. The largest absolute Gasteiger partial charge is 0.298 e. The highest BCUT2D eigenvalue weighted by atomic mass is 15.2. The number of piperidine rings is 1. The molecule has 2 saturated heterocycles. The first kappa shape index (κ1) is 7.60. The van der Waals surface area contributed by atoms with E-state index in [0.29, 0.717) is 0 Å². The third-order valence-corrected chi connectivity index (χ3v) is 3.51. The van der Waals surface area contributed by atoms with E-state index in [1.807, 2.05) is 0 Å². The van der Waals surface area contributed by atoms with E-state index in [1.165, 1.54) is 32.2 Å². The van der Waals surface area contributed by atoms with E-state index in [-0.39, 0.29) is 0 Å². The summed E-state index contributed by atoms with van der Waals surface area (Å²) in [6, 6.07) is 1.83. The minimum atomic E-state index is 0.882. The Morgan fingerprint density at radius 3 is 2.73 bits per heavy atom. The van der Waals surface area contributed by atoms with Crippen LogP contribution in [0.25, 0.3) is 0 Å². The summed E-state index contributed by atoms with van der Waals surface area (Å²) in [6.45, 7) is 6.16. The minimum Gasteiger partial charge on any atom is -0.298 e. The number of fused-ring (bicyclic) bond motifs is 1. The lowest BCUT2D eigenvalue weighted by atomic mass is 9.93. The van der Waals surface area contributed by atoms with Gasteiger partial charge in [0.05, 0.1) is 0 Å². The van der Waals surface area contributed by atoms with Crippen LogP contribution in [0.15, 0.2) is 0 Å². The van der Waals surface area contributed by atoms with Gasteiger partial charge in [0, 0.05) is 12.1 Å². The molecule has 11 heavy (non-hydrogen) atoms. The van der Waals surface area contributed by atoms with Gasteiger partial charge in [-0.3, -0.25) is 4.90 Å². The lowest BCUT2D eigenvalue weighted by Crippen LogP contribution is -2.40. The zero-order chi connectivity index (χ0) is 7.84. The SMILES string of the molecule is C[C@H]1CCN2[C@@H](CC[C@H]2C)C1. The van der Waals surface area contributed by atoms with Crippen LogP contribution in [0.4, 0.5) is 0 Å². The predicted octanol–water partition coefficient (Wildman–Crippen LogP) is 2.27. The molecule has 2 aliphatic heterocycles. The normalized spacial score (nSPS) is 45.8. The summed E-state index contributed by atoms with van der Waals surface area (Å²) in [5.74, 6) is 0.988. The molecule has 0 aromatic rings. The Balaban J connectivity index is 2.00. The topological polar surface area (TPSA) is 3.24 Å². The van der Waals surface area contributed by atoms with Gasteiger partial charge in [-0.25, -0.2) is 0 Å². The monoisotopic (exact) mass is 153 g/mol. The summed E-state index contributed by atoms with van der Waals surface area (Å²) in [6.07, 6.45) is 5.80. The Kier molecular flexibility index (Phi) is 1.92. The van der Waals surface area contributed by atoms with Gasteiger partial charge in [0.25, 0.3) is 0 Å². The van der Waals surface area contributed by atoms with Gasteiger partial charge in [-0.1, -0.05) is 6.92 Å². The van der Waals surface area contributed by atoms with Gasteiger partial charge in [0.2, 0.25) is 0 Å². The maximum atomic E-state index is 2.72. The van der Waals surface area contributed by atoms with Crippen molar-refractivity contribution in [2.24, 2.45) is 5.92 Å². The minimum absolute atomic E-state index is 0.882. The van der Waals surface area contributed by atoms with Crippen LogP contribution >= 0.6 is 0 Å². The first-order valence-electron chi connectivity index (χ1n) is 5.03. The smallest absolute Gasteiger partial charge is 0.0101 e. The van der Waals surface area contributed by atoms with Gasteiger partial charge in [-0.2, -0.15) is 0 Å². The van der Waals surface area contributed by atoms with Crippen LogP contribution in [0.5, 0.6) is 0 Å². The van der Waals surface area contributed by atoms with Crippen molar-refractivity contribution in [1.82, 2.24) is 4.90 Å². The average molecular weight is 153 g/mol. The van der Waals surface area contributed by atoms with E-state index in [2.05, 4.69) is 18.7 Å². The fourth-order valence-corrected chi connectivity index (χ4v) is 2.73. The molecule has 0 bridgehead atoms. The predicted molar refractivity (Wildman–Crippen MR) is 47.6 cm³/mol. The van der Waals surface area contributed by atoms with E-state index in [0.717, 1.165) is 18.0 Å². The zero-order valence-corrected chi connectivity index (χ0v) is 7.71. The molecule has 1 heteroatoms. The van der Waals surface area contributed by atoms with Crippen molar-refractivity contribution in [3.63, 3.8) is 0 Å². The third kappa shape index (κ3) is 1.31. The van der Waals surface area contributed by atoms with Crippen LogP contribution in [-0.4, -0.2) is 23.5 Å². The highest BCUT2D eigenvalue weighted by Gasteiger charge is 2.34. The number of hydrogen-bond donors (Lipinski definition) is 0. The molecule has 2 heterocycles. The van der Waals surface area contributed by atoms with E-state index in [1.54, 1.807) is 0 Å². The molecule has 0 aliphatic carbocycles. The quantitative estimate of drug-likeness (QED) is 0.516. The number of nitrogens with zero attached hydrogens (tertiary/aromatic N) is 1. The third-order valence-electron chi connectivity index (χ3n) is 3.51. The van der Waals surface area contributed by atoms with Crippen molar-refractivity contribution in [3.05, 3.63) is 0 Å². The average Bonchev–Trinajstić information content (AvgIpc) is 2.32. The van der Waals surface area contributed by atoms with Crippen LogP contribution < -0.4 is 0 Å². The lowest BCUT2D eigenvalue weighted by molar-refractivity contribution is 0.128. The Morgan fingerprint density at radius 1 is 1.09 bits per heavy atom. The molecule has 0 unspecified atom stereocenters. The molecule has 0 N–H and O–H groups in total. The van der Waals surface area contributed by atoms with Crippen LogP contribution in [0, 0.1) is 5.92 Å². The van der Waals surface area contributed by atoms with Gasteiger partial charge in [0.1, 0.15) is 0 Å². The lowest BCUT2D eigenvalue weighted by Gasteiger charge is -2.35. The molecule has 0 saturated carbocycles. The molecule has 64 valence electrons. The summed E-state index contributed by atoms with van der Waals surface area (Å²) < 4.78 is 0. The van der Waals surface area contributed by atoms with Crippen LogP contribution in [0.1, 0.15) is 39.5 Å².